The Morgan fingerprint density at radius 1 is 0.349 bits per heavy atom. The molecule has 0 aromatic heterocycles. The molecule has 0 fully saturated rings. The Morgan fingerprint density at radius 2 is 0.535 bits per heavy atom. The van der Waals surface area contributed by atoms with E-state index in [1.54, 1.807) is 0 Å². The van der Waals surface area contributed by atoms with Crippen molar-refractivity contribution in [2.45, 2.75) is 139 Å². The zero-order chi connectivity index (χ0) is 32.6. The van der Waals surface area contributed by atoms with Crippen LogP contribution in [0.2, 0.25) is 0 Å². The largest absolute Gasteiger partial charge is 3.00 e. The second-order valence-corrected chi connectivity index (χ2v) is 13.6. The van der Waals surface area contributed by atoms with Gasteiger partial charge in [0.1, 0.15) is 0 Å². The maximum atomic E-state index is 12.1. The van der Waals surface area contributed by atoms with Crippen molar-refractivity contribution in [2.75, 3.05) is 0 Å². The van der Waals surface area contributed by atoms with Crippen molar-refractivity contribution in [3.8, 4) is 17.2 Å². The van der Waals surface area contributed by atoms with Gasteiger partial charge in [-0.15, -0.1) is 17.2 Å². The van der Waals surface area contributed by atoms with Gasteiger partial charge >= 0.3 is 17.4 Å². The molecule has 3 rings (SSSR count). The third kappa shape index (κ3) is 10.6. The van der Waals surface area contributed by atoms with Crippen molar-refractivity contribution in [2.24, 2.45) is 0 Å². The minimum atomic E-state index is 0. The summed E-state index contributed by atoms with van der Waals surface area (Å²) in [6, 6.07) is 12.1. The van der Waals surface area contributed by atoms with Crippen molar-refractivity contribution in [1.82, 2.24) is 0 Å². The molecule has 0 bridgehead atoms. The first-order valence-corrected chi connectivity index (χ1v) is 15.8. The van der Waals surface area contributed by atoms with Crippen molar-refractivity contribution in [3.63, 3.8) is 0 Å². The molecule has 234 valence electrons. The fourth-order valence-electron chi connectivity index (χ4n) is 5.66. The zero-order valence-electron chi connectivity index (χ0n) is 29.7. The van der Waals surface area contributed by atoms with Crippen LogP contribution < -0.4 is 15.3 Å². The molecule has 0 radical (unpaired) electrons. The van der Waals surface area contributed by atoms with Crippen LogP contribution in [0.15, 0.2) is 36.4 Å². The molecule has 3 aromatic carbocycles. The van der Waals surface area contributed by atoms with E-state index in [0.717, 1.165) is 50.1 Å². The quantitative estimate of drug-likeness (QED) is 0.265. The Balaban J connectivity index is 0.000000608. The van der Waals surface area contributed by atoms with Gasteiger partial charge in [-0.1, -0.05) is 153 Å². The first-order chi connectivity index (χ1) is 19.3. The van der Waals surface area contributed by atoms with E-state index < -0.39 is 0 Å². The standard InChI is InChI=1S/3C13H20O.Al/c3*1-8(2)11-7-6-10(5)12(9(3)4)13(11)14;/h3*6-9,14H,1-5H3;/q;;;+3/p-3. The second-order valence-electron chi connectivity index (χ2n) is 13.6. The Morgan fingerprint density at radius 3 is 0.674 bits per heavy atom. The summed E-state index contributed by atoms with van der Waals surface area (Å²) in [6.07, 6.45) is 0. The van der Waals surface area contributed by atoms with Crippen LogP contribution in [0, 0.1) is 20.8 Å². The molecule has 0 unspecified atom stereocenters. The predicted octanol–water partition coefficient (Wildman–Crippen LogP) is 9.57. The first-order valence-electron chi connectivity index (χ1n) is 15.8. The molecule has 0 N–H and O–H groups in total. The molecule has 0 saturated carbocycles. The Bertz CT molecular complexity index is 1140. The smallest absolute Gasteiger partial charge is 0.872 e. The number of rotatable bonds is 6. The molecule has 4 heteroatoms. The zero-order valence-corrected chi connectivity index (χ0v) is 30.9. The number of benzene rings is 3. The molecular formula is C39H57AlO3. The molecule has 3 nitrogen and oxygen atoms in total. The van der Waals surface area contributed by atoms with E-state index in [2.05, 4.69) is 101 Å². The third-order valence-electron chi connectivity index (χ3n) is 7.93. The van der Waals surface area contributed by atoms with E-state index in [4.69, 9.17) is 0 Å². The molecule has 0 aliphatic heterocycles. The van der Waals surface area contributed by atoms with Crippen LogP contribution in [0.3, 0.4) is 0 Å². The molecule has 0 atom stereocenters. The van der Waals surface area contributed by atoms with Crippen LogP contribution in [0.5, 0.6) is 17.2 Å². The average molecular weight is 601 g/mol. The fourth-order valence-corrected chi connectivity index (χ4v) is 5.66. The summed E-state index contributed by atoms with van der Waals surface area (Å²) in [5, 5.41) is 36.2. The van der Waals surface area contributed by atoms with E-state index in [1.165, 1.54) is 0 Å². The number of aryl methyl sites for hydroxylation is 3. The van der Waals surface area contributed by atoms with Crippen LogP contribution in [0.4, 0.5) is 0 Å². The van der Waals surface area contributed by atoms with Crippen molar-refractivity contribution < 1.29 is 15.3 Å². The Labute approximate surface area is 274 Å². The molecule has 43 heavy (non-hydrogen) atoms. The van der Waals surface area contributed by atoms with Crippen molar-refractivity contribution in [3.05, 3.63) is 86.5 Å². The van der Waals surface area contributed by atoms with Crippen molar-refractivity contribution >= 4 is 17.4 Å². The van der Waals surface area contributed by atoms with Gasteiger partial charge in [-0.25, -0.2) is 0 Å². The van der Waals surface area contributed by atoms with E-state index in [9.17, 15) is 15.3 Å². The SMILES string of the molecule is Cc1ccc(C(C)C)c([O-])c1C(C)C.Cc1ccc(C(C)C)c([O-])c1C(C)C.Cc1ccc(C(C)C)c([O-])c1C(C)C.[Al+3]. The van der Waals surface area contributed by atoms with Gasteiger partial charge in [0.25, 0.3) is 0 Å². The average Bonchev–Trinajstić information content (AvgIpc) is 2.83. The van der Waals surface area contributed by atoms with E-state index >= 15 is 0 Å². The van der Waals surface area contributed by atoms with E-state index in [0.29, 0.717) is 35.5 Å². The predicted molar refractivity (Wildman–Crippen MR) is 182 cm³/mol. The first kappa shape index (κ1) is 40.6. The molecular weight excluding hydrogens is 543 g/mol. The minimum absolute atomic E-state index is 0. The summed E-state index contributed by atoms with van der Waals surface area (Å²) < 4.78 is 0. The summed E-state index contributed by atoms with van der Waals surface area (Å²) >= 11 is 0. The van der Waals surface area contributed by atoms with Crippen LogP contribution in [0.25, 0.3) is 0 Å². The summed E-state index contributed by atoms with van der Waals surface area (Å²) in [5.41, 5.74) is 9.14. The molecule has 0 aliphatic rings. The van der Waals surface area contributed by atoms with Gasteiger partial charge in [-0.3, -0.25) is 0 Å². The monoisotopic (exact) mass is 600 g/mol. The van der Waals surface area contributed by atoms with E-state index in [-0.39, 0.29) is 34.6 Å². The van der Waals surface area contributed by atoms with Gasteiger partial charge in [0.05, 0.1) is 0 Å². The maximum Gasteiger partial charge on any atom is 3.00 e. The van der Waals surface area contributed by atoms with Gasteiger partial charge in [-0.05, 0) is 73.0 Å². The summed E-state index contributed by atoms with van der Waals surface area (Å²) in [5.74, 6) is 2.66. The number of hydrogen-bond donors (Lipinski definition) is 0. The van der Waals surface area contributed by atoms with Crippen LogP contribution in [0.1, 0.15) is 169 Å². The van der Waals surface area contributed by atoms with Gasteiger partial charge in [0.15, 0.2) is 0 Å². The van der Waals surface area contributed by atoms with Gasteiger partial charge in [0, 0.05) is 0 Å². The van der Waals surface area contributed by atoms with E-state index in [1.807, 2.05) is 39.0 Å². The molecule has 3 aromatic rings. The topological polar surface area (TPSA) is 69.2 Å². The summed E-state index contributed by atoms with van der Waals surface area (Å²) in [6.45, 7) is 30.9. The maximum absolute atomic E-state index is 12.1. The third-order valence-corrected chi connectivity index (χ3v) is 7.93. The van der Waals surface area contributed by atoms with Crippen LogP contribution in [-0.2, 0) is 0 Å². The van der Waals surface area contributed by atoms with Gasteiger partial charge in [-0.2, -0.15) is 0 Å². The second kappa shape index (κ2) is 17.8. The molecule has 0 saturated heterocycles. The summed E-state index contributed by atoms with van der Waals surface area (Å²) in [4.78, 5) is 0. The normalized spacial score (nSPS) is 11.1. The van der Waals surface area contributed by atoms with Gasteiger partial charge < -0.3 is 15.3 Å². The molecule has 0 heterocycles. The van der Waals surface area contributed by atoms with Crippen LogP contribution in [-0.4, -0.2) is 17.4 Å². The molecule has 0 spiro atoms. The minimum Gasteiger partial charge on any atom is -0.872 e. The summed E-state index contributed by atoms with van der Waals surface area (Å²) in [7, 11) is 0. The van der Waals surface area contributed by atoms with Gasteiger partial charge in [0.2, 0.25) is 0 Å². The fraction of sp³-hybridized carbons (Fsp3) is 0.538. The van der Waals surface area contributed by atoms with Crippen LogP contribution >= 0.6 is 0 Å². The van der Waals surface area contributed by atoms with Crippen molar-refractivity contribution in [1.29, 1.82) is 0 Å². The Hall–Kier alpha value is -2.41. The molecule has 0 amide bonds. The number of hydrogen-bond acceptors (Lipinski definition) is 3. The molecule has 0 aliphatic carbocycles. The Kier molecular flexibility index (Phi) is 16.8.